The van der Waals surface area contributed by atoms with Crippen molar-refractivity contribution in [2.45, 2.75) is 32.1 Å². The molecule has 0 aromatic carbocycles. The standard InChI is InChI=1S/C11H20ClN/c12-8-4-2-1-3-6-11-7-5-9-13-10-11/h5,7,11,13H,1-4,6,8-10H2. The summed E-state index contributed by atoms with van der Waals surface area (Å²) in [5.41, 5.74) is 0. The molecule has 1 aliphatic rings. The van der Waals surface area contributed by atoms with Crippen molar-refractivity contribution < 1.29 is 0 Å². The van der Waals surface area contributed by atoms with E-state index in [9.17, 15) is 0 Å². The molecule has 76 valence electrons. The minimum absolute atomic E-state index is 0.782. The molecule has 0 bridgehead atoms. The van der Waals surface area contributed by atoms with Gasteiger partial charge in [0.25, 0.3) is 0 Å². The third-order valence-corrected chi connectivity index (χ3v) is 2.80. The third-order valence-electron chi connectivity index (χ3n) is 2.54. The Kier molecular flexibility index (Phi) is 6.30. The molecule has 0 saturated carbocycles. The van der Waals surface area contributed by atoms with Crippen LogP contribution in [0.3, 0.4) is 0 Å². The molecule has 1 unspecified atom stereocenters. The maximum absolute atomic E-state index is 5.61. The first kappa shape index (κ1) is 11.1. The van der Waals surface area contributed by atoms with Crippen LogP contribution in [0.4, 0.5) is 0 Å². The van der Waals surface area contributed by atoms with Gasteiger partial charge in [-0.15, -0.1) is 11.6 Å². The summed E-state index contributed by atoms with van der Waals surface area (Å²) in [4.78, 5) is 0. The van der Waals surface area contributed by atoms with Gasteiger partial charge in [-0.05, 0) is 18.8 Å². The smallest absolute Gasteiger partial charge is 0.0223 e. The van der Waals surface area contributed by atoms with Crippen LogP contribution in [0.15, 0.2) is 12.2 Å². The Bertz CT molecular complexity index is 145. The van der Waals surface area contributed by atoms with Gasteiger partial charge in [0.1, 0.15) is 0 Å². The SMILES string of the molecule is ClCCCCCCC1C=CCNC1. The average Bonchev–Trinajstić information content (AvgIpc) is 2.19. The van der Waals surface area contributed by atoms with Crippen molar-refractivity contribution in [1.29, 1.82) is 0 Å². The zero-order chi connectivity index (χ0) is 9.36. The predicted molar refractivity (Wildman–Crippen MR) is 59.3 cm³/mol. The fraction of sp³-hybridized carbons (Fsp3) is 0.818. The van der Waals surface area contributed by atoms with Gasteiger partial charge in [-0.25, -0.2) is 0 Å². The van der Waals surface area contributed by atoms with E-state index in [0.29, 0.717) is 0 Å². The second-order valence-corrected chi connectivity index (χ2v) is 4.12. The summed E-state index contributed by atoms with van der Waals surface area (Å²) in [7, 11) is 0. The van der Waals surface area contributed by atoms with Crippen LogP contribution in [0.1, 0.15) is 32.1 Å². The highest BCUT2D eigenvalue weighted by Crippen LogP contribution is 2.13. The molecule has 1 rings (SSSR count). The second-order valence-electron chi connectivity index (χ2n) is 3.74. The van der Waals surface area contributed by atoms with Crippen molar-refractivity contribution in [1.82, 2.24) is 5.32 Å². The first-order valence-corrected chi connectivity index (χ1v) is 5.90. The Morgan fingerprint density at radius 3 is 2.77 bits per heavy atom. The van der Waals surface area contributed by atoms with E-state index in [1.165, 1.54) is 38.6 Å². The van der Waals surface area contributed by atoms with Gasteiger partial charge in [0.2, 0.25) is 0 Å². The van der Waals surface area contributed by atoms with Crippen LogP contribution in [0, 0.1) is 5.92 Å². The Morgan fingerprint density at radius 2 is 2.08 bits per heavy atom. The highest BCUT2D eigenvalue weighted by Gasteiger charge is 2.06. The van der Waals surface area contributed by atoms with E-state index < -0.39 is 0 Å². The Balaban J connectivity index is 1.92. The average molecular weight is 202 g/mol. The first-order chi connectivity index (χ1) is 6.43. The summed E-state index contributed by atoms with van der Waals surface area (Å²) in [6.07, 6.45) is 11.1. The molecule has 1 atom stereocenters. The number of hydrogen-bond acceptors (Lipinski definition) is 1. The minimum Gasteiger partial charge on any atom is -0.313 e. The molecule has 1 nitrogen and oxygen atoms in total. The molecule has 0 radical (unpaired) electrons. The molecule has 13 heavy (non-hydrogen) atoms. The van der Waals surface area contributed by atoms with E-state index >= 15 is 0 Å². The van der Waals surface area contributed by atoms with Crippen LogP contribution in [-0.4, -0.2) is 19.0 Å². The fourth-order valence-corrected chi connectivity index (χ4v) is 1.92. The second kappa shape index (κ2) is 7.40. The molecule has 1 aliphatic heterocycles. The van der Waals surface area contributed by atoms with E-state index in [1.807, 2.05) is 0 Å². The molecule has 1 heterocycles. The van der Waals surface area contributed by atoms with Crippen molar-refractivity contribution in [2.24, 2.45) is 5.92 Å². The summed E-state index contributed by atoms with van der Waals surface area (Å²) in [6.45, 7) is 2.23. The first-order valence-electron chi connectivity index (χ1n) is 5.37. The van der Waals surface area contributed by atoms with Gasteiger partial charge in [0, 0.05) is 19.0 Å². The predicted octanol–water partition coefficient (Wildman–Crippen LogP) is 2.95. The number of rotatable bonds is 6. The van der Waals surface area contributed by atoms with E-state index in [1.54, 1.807) is 0 Å². The maximum atomic E-state index is 5.61. The van der Waals surface area contributed by atoms with Crippen LogP contribution in [-0.2, 0) is 0 Å². The van der Waals surface area contributed by atoms with Crippen LogP contribution >= 0.6 is 11.6 Å². The van der Waals surface area contributed by atoms with Crippen molar-refractivity contribution in [3.63, 3.8) is 0 Å². The highest BCUT2D eigenvalue weighted by molar-refractivity contribution is 6.17. The lowest BCUT2D eigenvalue weighted by molar-refractivity contribution is 0.488. The quantitative estimate of drug-likeness (QED) is 0.396. The maximum Gasteiger partial charge on any atom is 0.0223 e. The molecule has 0 spiro atoms. The van der Waals surface area contributed by atoms with Crippen molar-refractivity contribution in [3.05, 3.63) is 12.2 Å². The molecule has 2 heteroatoms. The van der Waals surface area contributed by atoms with E-state index in [2.05, 4.69) is 17.5 Å². The van der Waals surface area contributed by atoms with E-state index in [-0.39, 0.29) is 0 Å². The Hall–Kier alpha value is -0.0100. The molecular formula is C11H20ClN. The molecule has 0 saturated heterocycles. The Labute approximate surface area is 86.5 Å². The van der Waals surface area contributed by atoms with Crippen LogP contribution in [0.2, 0.25) is 0 Å². The normalized spacial score (nSPS) is 22.1. The van der Waals surface area contributed by atoms with Gasteiger partial charge in [0.15, 0.2) is 0 Å². The van der Waals surface area contributed by atoms with E-state index in [4.69, 9.17) is 11.6 Å². The van der Waals surface area contributed by atoms with Crippen LogP contribution in [0.25, 0.3) is 0 Å². The lowest BCUT2D eigenvalue weighted by Crippen LogP contribution is -2.25. The topological polar surface area (TPSA) is 12.0 Å². The van der Waals surface area contributed by atoms with Gasteiger partial charge in [-0.2, -0.15) is 0 Å². The van der Waals surface area contributed by atoms with Gasteiger partial charge in [-0.1, -0.05) is 31.4 Å². The van der Waals surface area contributed by atoms with Gasteiger partial charge >= 0.3 is 0 Å². The van der Waals surface area contributed by atoms with Crippen LogP contribution < -0.4 is 5.32 Å². The summed E-state index contributed by atoms with van der Waals surface area (Å²) >= 11 is 5.61. The highest BCUT2D eigenvalue weighted by atomic mass is 35.5. The zero-order valence-corrected chi connectivity index (χ0v) is 9.02. The zero-order valence-electron chi connectivity index (χ0n) is 8.27. The monoisotopic (exact) mass is 201 g/mol. The third kappa shape index (κ3) is 5.33. The van der Waals surface area contributed by atoms with Crippen molar-refractivity contribution >= 4 is 11.6 Å². The lowest BCUT2D eigenvalue weighted by Gasteiger charge is -2.16. The lowest BCUT2D eigenvalue weighted by atomic mass is 9.98. The van der Waals surface area contributed by atoms with Crippen molar-refractivity contribution in [3.8, 4) is 0 Å². The number of halogens is 1. The summed E-state index contributed by atoms with van der Waals surface area (Å²) in [5.74, 6) is 1.61. The number of nitrogens with one attached hydrogen (secondary N) is 1. The summed E-state index contributed by atoms with van der Waals surface area (Å²) in [6, 6.07) is 0. The molecule has 0 aliphatic carbocycles. The van der Waals surface area contributed by atoms with Gasteiger partial charge in [0.05, 0.1) is 0 Å². The largest absolute Gasteiger partial charge is 0.313 e. The molecule has 0 aromatic heterocycles. The summed E-state index contributed by atoms with van der Waals surface area (Å²) in [5, 5.41) is 3.38. The summed E-state index contributed by atoms with van der Waals surface area (Å²) < 4.78 is 0. The molecule has 1 N–H and O–H groups in total. The Morgan fingerprint density at radius 1 is 1.23 bits per heavy atom. The van der Waals surface area contributed by atoms with Crippen molar-refractivity contribution in [2.75, 3.05) is 19.0 Å². The fourth-order valence-electron chi connectivity index (χ4n) is 1.73. The number of alkyl halides is 1. The number of hydrogen-bond donors (Lipinski definition) is 1. The molecule has 0 aromatic rings. The molecule has 0 amide bonds. The minimum atomic E-state index is 0.782. The number of unbranched alkanes of at least 4 members (excludes halogenated alkanes) is 3. The van der Waals surface area contributed by atoms with Crippen LogP contribution in [0.5, 0.6) is 0 Å². The van der Waals surface area contributed by atoms with Gasteiger partial charge in [-0.3, -0.25) is 0 Å². The van der Waals surface area contributed by atoms with E-state index in [0.717, 1.165) is 18.3 Å². The van der Waals surface area contributed by atoms with Gasteiger partial charge < -0.3 is 5.32 Å². The molecule has 0 fully saturated rings. The molecular weight excluding hydrogens is 182 g/mol.